The minimum atomic E-state index is -0.490. The molecule has 3 saturated heterocycles. The second-order valence-corrected chi connectivity index (χ2v) is 10.3. The molecule has 5 atom stereocenters. The van der Waals surface area contributed by atoms with Crippen LogP contribution in [-0.4, -0.2) is 33.7 Å². The van der Waals surface area contributed by atoms with Crippen LogP contribution in [0.3, 0.4) is 0 Å². The van der Waals surface area contributed by atoms with Gasteiger partial charge in [0.15, 0.2) is 0 Å². The van der Waals surface area contributed by atoms with Crippen molar-refractivity contribution in [1.82, 2.24) is 4.98 Å². The molecule has 2 bridgehead atoms. The number of aromatic nitrogens is 1. The summed E-state index contributed by atoms with van der Waals surface area (Å²) in [6, 6.07) is 19.3. The average Bonchev–Trinajstić information content (AvgIpc) is 2.79. The maximum atomic E-state index is 11.7. The zero-order valence-electron chi connectivity index (χ0n) is 17.1. The predicted molar refractivity (Wildman–Crippen MR) is 130 cm³/mol. The molecular weight excluding hydrogens is 483 g/mol. The summed E-state index contributed by atoms with van der Waals surface area (Å²) in [6.45, 7) is 7.32. The molecule has 3 aliphatic heterocycles. The first-order valence-electron chi connectivity index (χ1n) is 10.8. The Labute approximate surface area is 192 Å². The van der Waals surface area contributed by atoms with Gasteiger partial charge in [-0.3, -0.25) is 4.98 Å². The van der Waals surface area contributed by atoms with Crippen molar-refractivity contribution in [1.29, 1.82) is 0 Å². The summed E-state index contributed by atoms with van der Waals surface area (Å²) in [6.07, 6.45) is 5.79. The van der Waals surface area contributed by atoms with E-state index < -0.39 is 6.10 Å². The summed E-state index contributed by atoms with van der Waals surface area (Å²) in [5.41, 5.74) is 3.34. The first-order chi connectivity index (χ1) is 14.6. The lowest BCUT2D eigenvalue weighted by Crippen LogP contribution is -2.67. The van der Waals surface area contributed by atoms with Crippen molar-refractivity contribution in [3.63, 3.8) is 0 Å². The smallest absolute Gasteiger partial charge is 0.131 e. The van der Waals surface area contributed by atoms with Crippen molar-refractivity contribution in [2.45, 2.75) is 31.5 Å². The lowest BCUT2D eigenvalue weighted by molar-refractivity contribution is -0.984. The van der Waals surface area contributed by atoms with Gasteiger partial charge >= 0.3 is 0 Å². The third-order valence-corrected chi connectivity index (χ3v) is 8.17. The molecule has 6 rings (SSSR count). The van der Waals surface area contributed by atoms with Gasteiger partial charge in [-0.25, -0.2) is 0 Å². The van der Waals surface area contributed by atoms with Crippen LogP contribution in [0.5, 0.6) is 0 Å². The number of fused-ring (bicyclic) bond motifs is 4. The van der Waals surface area contributed by atoms with Gasteiger partial charge in [0.1, 0.15) is 18.7 Å². The van der Waals surface area contributed by atoms with E-state index in [0.29, 0.717) is 11.8 Å². The number of para-hydroxylation sites is 1. The van der Waals surface area contributed by atoms with Crippen LogP contribution in [0.4, 0.5) is 0 Å². The second-order valence-electron chi connectivity index (χ2n) is 9.02. The molecule has 3 fully saturated rings. The quantitative estimate of drug-likeness (QED) is 0.280. The van der Waals surface area contributed by atoms with Crippen LogP contribution in [0.25, 0.3) is 10.9 Å². The lowest BCUT2D eigenvalue weighted by atomic mass is 9.71. The average molecular weight is 511 g/mol. The summed E-state index contributed by atoms with van der Waals surface area (Å²) < 4.78 is 2.21. The molecule has 0 radical (unpaired) electrons. The SMILES string of the molecule is C=C[C@H]1C[N@+]2(Cc3ccc(I)cc3)CC[C@H]1C[C@@H]2[C@@H](O)c1ccnc2ccccc12. The molecule has 3 nitrogen and oxygen atoms in total. The fraction of sp³-hybridized carbons (Fsp3) is 0.346. The van der Waals surface area contributed by atoms with Gasteiger partial charge < -0.3 is 9.59 Å². The van der Waals surface area contributed by atoms with Crippen LogP contribution in [-0.2, 0) is 6.54 Å². The Bertz CT molecular complexity index is 1060. The normalized spacial score (nSPS) is 29.1. The summed E-state index contributed by atoms with van der Waals surface area (Å²) in [7, 11) is 0. The zero-order valence-corrected chi connectivity index (χ0v) is 19.3. The minimum absolute atomic E-state index is 0.199. The van der Waals surface area contributed by atoms with Crippen LogP contribution in [0.2, 0.25) is 0 Å². The topological polar surface area (TPSA) is 33.1 Å². The lowest BCUT2D eigenvalue weighted by Gasteiger charge is -2.58. The highest BCUT2D eigenvalue weighted by Gasteiger charge is 2.53. The van der Waals surface area contributed by atoms with Crippen LogP contribution >= 0.6 is 22.6 Å². The largest absolute Gasteiger partial charge is 0.382 e. The van der Waals surface area contributed by atoms with Gasteiger partial charge in [0.25, 0.3) is 0 Å². The highest BCUT2D eigenvalue weighted by Crippen LogP contribution is 2.48. The molecule has 4 heterocycles. The Hall–Kier alpha value is -1.76. The molecule has 1 aromatic heterocycles. The summed E-state index contributed by atoms with van der Waals surface area (Å²) in [5, 5.41) is 12.8. The van der Waals surface area contributed by atoms with Gasteiger partial charge in [-0.15, -0.1) is 6.58 Å². The third-order valence-electron chi connectivity index (χ3n) is 7.45. The van der Waals surface area contributed by atoms with Gasteiger partial charge in [0.05, 0.1) is 18.6 Å². The fourth-order valence-electron chi connectivity index (χ4n) is 5.92. The molecule has 0 unspecified atom stereocenters. The summed E-state index contributed by atoms with van der Waals surface area (Å²) in [4.78, 5) is 4.51. The number of aliphatic hydroxyl groups excluding tert-OH is 1. The van der Waals surface area contributed by atoms with Crippen molar-refractivity contribution in [3.8, 4) is 0 Å². The number of aliphatic hydroxyl groups is 1. The van der Waals surface area contributed by atoms with Gasteiger partial charge in [0.2, 0.25) is 0 Å². The Balaban J connectivity index is 1.55. The van der Waals surface area contributed by atoms with E-state index in [-0.39, 0.29) is 6.04 Å². The van der Waals surface area contributed by atoms with E-state index in [1.807, 2.05) is 30.5 Å². The predicted octanol–water partition coefficient (Wildman–Crippen LogP) is 5.48. The van der Waals surface area contributed by atoms with Crippen molar-refractivity contribution in [3.05, 3.63) is 88.1 Å². The molecule has 0 spiro atoms. The standard InChI is InChI=1S/C26H28IN2O/c1-2-19-17-29(16-18-7-9-21(27)10-8-18)14-12-20(19)15-25(29)26(30)23-11-13-28-24-6-4-3-5-22(23)24/h2-11,13,19-20,25-26,30H,1,12,14-17H2/q+1/t19-,20-,25+,26-,29+/m0/s1. The number of hydrogen-bond donors (Lipinski definition) is 1. The molecule has 0 saturated carbocycles. The van der Waals surface area contributed by atoms with Crippen molar-refractivity contribution in [2.24, 2.45) is 11.8 Å². The first-order valence-corrected chi connectivity index (χ1v) is 11.9. The summed E-state index contributed by atoms with van der Waals surface area (Å²) in [5.74, 6) is 1.17. The number of nitrogens with zero attached hydrogens (tertiary/aromatic N) is 2. The van der Waals surface area contributed by atoms with Gasteiger partial charge in [-0.05, 0) is 58.3 Å². The highest BCUT2D eigenvalue weighted by molar-refractivity contribution is 14.1. The Morgan fingerprint density at radius 1 is 1.17 bits per heavy atom. The monoisotopic (exact) mass is 511 g/mol. The van der Waals surface area contributed by atoms with Crippen molar-refractivity contribution < 1.29 is 9.59 Å². The fourth-order valence-corrected chi connectivity index (χ4v) is 6.28. The molecule has 3 aromatic rings. The van der Waals surface area contributed by atoms with Crippen LogP contribution < -0.4 is 0 Å². The van der Waals surface area contributed by atoms with E-state index in [1.165, 1.54) is 15.6 Å². The summed E-state index contributed by atoms with van der Waals surface area (Å²) >= 11 is 2.36. The Morgan fingerprint density at radius 2 is 1.97 bits per heavy atom. The number of rotatable bonds is 5. The van der Waals surface area contributed by atoms with E-state index in [0.717, 1.165) is 47.0 Å². The number of quaternary nitrogens is 1. The molecule has 0 aliphatic carbocycles. The first kappa shape index (κ1) is 20.2. The molecule has 154 valence electrons. The maximum absolute atomic E-state index is 11.7. The van der Waals surface area contributed by atoms with Crippen LogP contribution in [0.1, 0.15) is 30.1 Å². The molecule has 30 heavy (non-hydrogen) atoms. The van der Waals surface area contributed by atoms with E-state index >= 15 is 0 Å². The third kappa shape index (κ3) is 3.49. The van der Waals surface area contributed by atoms with Gasteiger partial charge in [-0.1, -0.05) is 36.4 Å². The molecule has 0 amide bonds. The minimum Gasteiger partial charge on any atom is -0.382 e. The zero-order chi connectivity index (χ0) is 20.7. The number of benzene rings is 2. The molecule has 2 aromatic carbocycles. The number of piperidine rings is 3. The van der Waals surface area contributed by atoms with E-state index in [9.17, 15) is 5.11 Å². The van der Waals surface area contributed by atoms with Crippen molar-refractivity contribution >= 4 is 33.5 Å². The number of halogens is 1. The van der Waals surface area contributed by atoms with Crippen LogP contribution in [0.15, 0.2) is 73.4 Å². The maximum Gasteiger partial charge on any atom is 0.131 e. The molecule has 3 aliphatic rings. The van der Waals surface area contributed by atoms with E-state index in [1.54, 1.807) is 0 Å². The highest BCUT2D eigenvalue weighted by atomic mass is 127. The van der Waals surface area contributed by atoms with Crippen LogP contribution in [0, 0.1) is 15.4 Å². The van der Waals surface area contributed by atoms with E-state index in [2.05, 4.69) is 70.6 Å². The Kier molecular flexibility index (Phi) is 5.42. The molecular formula is C26H28IN2O+. The van der Waals surface area contributed by atoms with Crippen molar-refractivity contribution in [2.75, 3.05) is 13.1 Å². The van der Waals surface area contributed by atoms with Gasteiger partial charge in [-0.2, -0.15) is 0 Å². The Morgan fingerprint density at radius 3 is 2.77 bits per heavy atom. The van der Waals surface area contributed by atoms with E-state index in [4.69, 9.17) is 0 Å². The number of hydrogen-bond acceptors (Lipinski definition) is 2. The number of pyridine rings is 1. The molecule has 4 heteroatoms. The molecule has 1 N–H and O–H groups in total. The van der Waals surface area contributed by atoms with Gasteiger partial charge in [0, 0.05) is 39.5 Å². The second kappa shape index (κ2) is 8.06.